The van der Waals surface area contributed by atoms with Crippen molar-refractivity contribution in [3.05, 3.63) is 65.7 Å². The molecular formula is C24H32O8S. The van der Waals surface area contributed by atoms with Gasteiger partial charge in [0.05, 0.1) is 43.0 Å². The summed E-state index contributed by atoms with van der Waals surface area (Å²) in [6.07, 6.45) is -0.183. The molecule has 0 radical (unpaired) electrons. The molecule has 0 aliphatic rings. The summed E-state index contributed by atoms with van der Waals surface area (Å²) in [6.45, 7) is 4.43. The Labute approximate surface area is 195 Å². The Morgan fingerprint density at radius 3 is 2.33 bits per heavy atom. The lowest BCUT2D eigenvalue weighted by atomic mass is 10.1. The zero-order valence-corrected chi connectivity index (χ0v) is 20.1. The van der Waals surface area contributed by atoms with Crippen LogP contribution in [0.4, 0.5) is 0 Å². The summed E-state index contributed by atoms with van der Waals surface area (Å²) in [4.78, 5) is 12.2. The quantitative estimate of drug-likeness (QED) is 0.165. The molecule has 0 fully saturated rings. The molecule has 33 heavy (non-hydrogen) atoms. The molecule has 0 aliphatic carbocycles. The smallest absolute Gasteiger partial charge is 0.338 e. The van der Waals surface area contributed by atoms with E-state index < -0.39 is 22.2 Å². The van der Waals surface area contributed by atoms with Gasteiger partial charge >= 0.3 is 5.97 Å². The molecule has 0 saturated heterocycles. The second kappa shape index (κ2) is 14.1. The van der Waals surface area contributed by atoms with E-state index in [9.17, 15) is 13.2 Å². The molecule has 0 amide bonds. The molecule has 2 atom stereocenters. The van der Waals surface area contributed by atoms with Gasteiger partial charge in [-0.3, -0.25) is 4.18 Å². The van der Waals surface area contributed by atoms with Gasteiger partial charge in [-0.2, -0.15) is 8.42 Å². The summed E-state index contributed by atoms with van der Waals surface area (Å²) < 4.78 is 51.6. The molecule has 0 bridgehead atoms. The Balaban J connectivity index is 1.91. The standard InChI is InChI=1S/C24H32O8S/c1-19-9-11-23(12-10-19)33(26,27)32-17-22(31-18-29-14-13-28-3)15-20(2)16-30-24(25)21-7-5-4-6-8-21/h4-12,20,22H,13-18H2,1-3H3/t20-,22+/m0/s1. The highest BCUT2D eigenvalue weighted by Crippen LogP contribution is 2.17. The summed E-state index contributed by atoms with van der Waals surface area (Å²) in [5.41, 5.74) is 1.42. The molecule has 2 aromatic rings. The van der Waals surface area contributed by atoms with Crippen LogP contribution in [0, 0.1) is 12.8 Å². The third kappa shape index (κ3) is 10.0. The maximum atomic E-state index is 12.5. The number of hydrogen-bond acceptors (Lipinski definition) is 8. The van der Waals surface area contributed by atoms with E-state index in [0.29, 0.717) is 25.2 Å². The second-order valence-electron chi connectivity index (χ2n) is 7.66. The number of carbonyl (C=O) groups excluding carboxylic acids is 1. The van der Waals surface area contributed by atoms with Crippen molar-refractivity contribution < 1.29 is 36.3 Å². The van der Waals surface area contributed by atoms with Gasteiger partial charge in [-0.1, -0.05) is 42.8 Å². The Morgan fingerprint density at radius 2 is 1.67 bits per heavy atom. The normalized spacial score (nSPS) is 13.4. The van der Waals surface area contributed by atoms with E-state index in [4.69, 9.17) is 23.1 Å². The third-order valence-corrected chi connectivity index (χ3v) is 6.01. The van der Waals surface area contributed by atoms with Crippen LogP contribution in [0.1, 0.15) is 29.3 Å². The minimum Gasteiger partial charge on any atom is -0.462 e. The number of carbonyl (C=O) groups is 1. The van der Waals surface area contributed by atoms with Gasteiger partial charge in [0, 0.05) is 7.11 Å². The topological polar surface area (TPSA) is 97.4 Å². The predicted molar refractivity (Wildman–Crippen MR) is 122 cm³/mol. The molecule has 8 nitrogen and oxygen atoms in total. The van der Waals surface area contributed by atoms with Gasteiger partial charge in [-0.05, 0) is 43.5 Å². The summed E-state index contributed by atoms with van der Waals surface area (Å²) >= 11 is 0. The monoisotopic (exact) mass is 480 g/mol. The first-order valence-corrected chi connectivity index (χ1v) is 12.1. The third-order valence-electron chi connectivity index (χ3n) is 4.71. The van der Waals surface area contributed by atoms with Gasteiger partial charge < -0.3 is 18.9 Å². The summed E-state index contributed by atoms with van der Waals surface area (Å²) in [7, 11) is -2.37. The lowest BCUT2D eigenvalue weighted by molar-refractivity contribution is -0.112. The Hall–Kier alpha value is -2.30. The largest absolute Gasteiger partial charge is 0.462 e. The summed E-state index contributed by atoms with van der Waals surface area (Å²) in [5.74, 6) is -0.520. The average Bonchev–Trinajstić information content (AvgIpc) is 2.81. The first-order chi connectivity index (χ1) is 15.8. The maximum Gasteiger partial charge on any atom is 0.338 e. The number of methoxy groups -OCH3 is 1. The van der Waals surface area contributed by atoms with E-state index in [2.05, 4.69) is 0 Å². The van der Waals surface area contributed by atoms with Crippen LogP contribution in [-0.4, -0.2) is 60.8 Å². The first-order valence-electron chi connectivity index (χ1n) is 10.7. The van der Waals surface area contributed by atoms with Crippen molar-refractivity contribution in [1.29, 1.82) is 0 Å². The van der Waals surface area contributed by atoms with E-state index in [-0.39, 0.29) is 30.8 Å². The van der Waals surface area contributed by atoms with Crippen molar-refractivity contribution >= 4 is 16.1 Å². The molecule has 182 valence electrons. The number of esters is 1. The Kier molecular flexibility index (Phi) is 11.5. The van der Waals surface area contributed by atoms with Gasteiger partial charge in [0.15, 0.2) is 0 Å². The molecule has 0 N–H and O–H groups in total. The summed E-state index contributed by atoms with van der Waals surface area (Å²) in [5, 5.41) is 0. The molecular weight excluding hydrogens is 448 g/mol. The molecule has 0 aliphatic heterocycles. The highest BCUT2D eigenvalue weighted by Gasteiger charge is 2.22. The van der Waals surface area contributed by atoms with Gasteiger partial charge in [0.1, 0.15) is 6.79 Å². The Bertz CT molecular complexity index is 929. The number of benzene rings is 2. The fourth-order valence-electron chi connectivity index (χ4n) is 2.86. The Morgan fingerprint density at radius 1 is 0.970 bits per heavy atom. The van der Waals surface area contributed by atoms with Gasteiger partial charge in [0.25, 0.3) is 10.1 Å². The van der Waals surface area contributed by atoms with E-state index >= 15 is 0 Å². The number of rotatable bonds is 15. The molecule has 2 aromatic carbocycles. The lowest BCUT2D eigenvalue weighted by Crippen LogP contribution is -2.27. The van der Waals surface area contributed by atoms with Crippen molar-refractivity contribution in [2.24, 2.45) is 5.92 Å². The van der Waals surface area contributed by atoms with Crippen LogP contribution >= 0.6 is 0 Å². The van der Waals surface area contributed by atoms with Gasteiger partial charge in [-0.25, -0.2) is 4.79 Å². The van der Waals surface area contributed by atoms with Crippen LogP contribution in [0.3, 0.4) is 0 Å². The predicted octanol–water partition coefficient (Wildman–Crippen LogP) is 3.59. The first kappa shape index (κ1) is 26.9. The van der Waals surface area contributed by atoms with E-state index in [1.807, 2.05) is 19.9 Å². The van der Waals surface area contributed by atoms with Gasteiger partial charge in [0.2, 0.25) is 0 Å². The van der Waals surface area contributed by atoms with Crippen LogP contribution in [0.15, 0.2) is 59.5 Å². The molecule has 9 heteroatoms. The van der Waals surface area contributed by atoms with Crippen LogP contribution < -0.4 is 0 Å². The fraction of sp³-hybridized carbons (Fsp3) is 0.458. The van der Waals surface area contributed by atoms with Crippen LogP contribution in [0.5, 0.6) is 0 Å². The van der Waals surface area contributed by atoms with Crippen LogP contribution in [0.25, 0.3) is 0 Å². The molecule has 2 rings (SSSR count). The van der Waals surface area contributed by atoms with Crippen LogP contribution in [0.2, 0.25) is 0 Å². The minimum atomic E-state index is -3.94. The van der Waals surface area contributed by atoms with Crippen LogP contribution in [-0.2, 0) is 33.2 Å². The van der Waals surface area contributed by atoms with Gasteiger partial charge in [-0.15, -0.1) is 0 Å². The minimum absolute atomic E-state index is 0.0432. The zero-order chi connectivity index (χ0) is 24.1. The highest BCUT2D eigenvalue weighted by molar-refractivity contribution is 7.86. The molecule has 0 spiro atoms. The van der Waals surface area contributed by atoms with Crippen molar-refractivity contribution in [2.75, 3.05) is 40.3 Å². The average molecular weight is 481 g/mol. The van der Waals surface area contributed by atoms with Crippen molar-refractivity contribution in [2.45, 2.75) is 31.3 Å². The number of ether oxygens (including phenoxy) is 4. The molecule has 0 heterocycles. The fourth-order valence-corrected chi connectivity index (χ4v) is 3.80. The second-order valence-corrected chi connectivity index (χ2v) is 9.28. The molecule has 0 aromatic heterocycles. The highest BCUT2D eigenvalue weighted by atomic mass is 32.2. The number of aryl methyl sites for hydroxylation is 1. The molecule has 0 saturated carbocycles. The van der Waals surface area contributed by atoms with E-state index in [1.165, 1.54) is 12.1 Å². The summed E-state index contributed by atoms with van der Waals surface area (Å²) in [6, 6.07) is 15.1. The van der Waals surface area contributed by atoms with E-state index in [1.54, 1.807) is 43.5 Å². The molecule has 0 unspecified atom stereocenters. The van der Waals surface area contributed by atoms with Crippen molar-refractivity contribution in [3.63, 3.8) is 0 Å². The van der Waals surface area contributed by atoms with E-state index in [0.717, 1.165) is 5.56 Å². The van der Waals surface area contributed by atoms with Crippen molar-refractivity contribution in [3.8, 4) is 0 Å². The lowest BCUT2D eigenvalue weighted by Gasteiger charge is -2.21. The SMILES string of the molecule is COCCOCO[C@@H](COS(=O)(=O)c1ccc(C)cc1)C[C@H](C)COC(=O)c1ccccc1. The zero-order valence-electron chi connectivity index (χ0n) is 19.3. The number of hydrogen-bond donors (Lipinski definition) is 0. The van der Waals surface area contributed by atoms with Crippen molar-refractivity contribution in [1.82, 2.24) is 0 Å². The maximum absolute atomic E-state index is 12.5.